The maximum absolute atomic E-state index is 12.0. The number of ether oxygens (including phenoxy) is 1. The number of aromatic nitrogens is 1. The van der Waals surface area contributed by atoms with Crippen molar-refractivity contribution in [2.45, 2.75) is 23.3 Å². The van der Waals surface area contributed by atoms with Crippen LogP contribution in [0.3, 0.4) is 0 Å². The average Bonchev–Trinajstić information content (AvgIpc) is 2.38. The standard InChI is InChI=1S/C11H16N2O5S/c14-10-2-1-9(7-12-10)19(16,17)13-8-11(15)3-5-18-6-4-11/h1-2,7,13,15H,3-6,8H2,(H,12,14). The first-order chi connectivity index (χ1) is 8.91. The number of hydrogen-bond donors (Lipinski definition) is 3. The maximum atomic E-state index is 12.0. The van der Waals surface area contributed by atoms with E-state index in [9.17, 15) is 18.3 Å². The van der Waals surface area contributed by atoms with E-state index in [2.05, 4.69) is 9.71 Å². The molecule has 19 heavy (non-hydrogen) atoms. The molecule has 0 saturated carbocycles. The lowest BCUT2D eigenvalue weighted by molar-refractivity contribution is -0.0588. The Hall–Kier alpha value is -1.22. The molecular formula is C11H16N2O5S. The molecule has 0 aliphatic carbocycles. The summed E-state index contributed by atoms with van der Waals surface area (Å²) >= 11 is 0. The first-order valence-corrected chi connectivity index (χ1v) is 7.38. The van der Waals surface area contributed by atoms with Crippen molar-refractivity contribution in [2.75, 3.05) is 19.8 Å². The van der Waals surface area contributed by atoms with Crippen LogP contribution in [-0.4, -0.2) is 43.9 Å². The van der Waals surface area contributed by atoms with Crippen LogP contribution in [0.1, 0.15) is 12.8 Å². The molecule has 0 radical (unpaired) electrons. The van der Waals surface area contributed by atoms with Gasteiger partial charge in [0.25, 0.3) is 0 Å². The van der Waals surface area contributed by atoms with Gasteiger partial charge in [0.05, 0.1) is 10.5 Å². The predicted molar refractivity (Wildman–Crippen MR) is 67.3 cm³/mol. The summed E-state index contributed by atoms with van der Waals surface area (Å²) in [7, 11) is -3.74. The van der Waals surface area contributed by atoms with Crippen molar-refractivity contribution in [1.82, 2.24) is 9.71 Å². The summed E-state index contributed by atoms with van der Waals surface area (Å²) in [5.74, 6) is 0. The number of aliphatic hydroxyl groups is 1. The second kappa shape index (κ2) is 5.41. The number of aromatic amines is 1. The maximum Gasteiger partial charge on any atom is 0.247 e. The third-order valence-electron chi connectivity index (χ3n) is 3.08. The van der Waals surface area contributed by atoms with Crippen molar-refractivity contribution in [1.29, 1.82) is 0 Å². The van der Waals surface area contributed by atoms with Gasteiger partial charge in [-0.05, 0) is 6.07 Å². The number of H-pyrrole nitrogens is 1. The summed E-state index contributed by atoms with van der Waals surface area (Å²) in [6, 6.07) is 2.35. The molecule has 1 fully saturated rings. The lowest BCUT2D eigenvalue weighted by Gasteiger charge is -2.31. The van der Waals surface area contributed by atoms with Crippen LogP contribution in [-0.2, 0) is 14.8 Å². The summed E-state index contributed by atoms with van der Waals surface area (Å²) in [6.07, 6.45) is 1.90. The van der Waals surface area contributed by atoms with Gasteiger partial charge in [0.15, 0.2) is 0 Å². The van der Waals surface area contributed by atoms with E-state index in [0.29, 0.717) is 26.1 Å². The van der Waals surface area contributed by atoms with Gasteiger partial charge < -0.3 is 14.8 Å². The lowest BCUT2D eigenvalue weighted by atomic mass is 9.95. The highest BCUT2D eigenvalue weighted by atomic mass is 32.2. The van der Waals surface area contributed by atoms with E-state index < -0.39 is 15.6 Å². The van der Waals surface area contributed by atoms with Crippen LogP contribution < -0.4 is 10.3 Å². The zero-order chi connectivity index (χ0) is 13.9. The van der Waals surface area contributed by atoms with E-state index >= 15 is 0 Å². The van der Waals surface area contributed by atoms with Crippen molar-refractivity contribution in [2.24, 2.45) is 0 Å². The zero-order valence-electron chi connectivity index (χ0n) is 10.3. The molecule has 1 aliphatic heterocycles. The third-order valence-corrected chi connectivity index (χ3v) is 4.48. The molecule has 1 aromatic rings. The molecular weight excluding hydrogens is 272 g/mol. The predicted octanol–water partition coefficient (Wildman–Crippen LogP) is -0.805. The summed E-state index contributed by atoms with van der Waals surface area (Å²) in [4.78, 5) is 13.1. The van der Waals surface area contributed by atoms with Crippen LogP contribution in [0.15, 0.2) is 28.0 Å². The van der Waals surface area contributed by atoms with Crippen molar-refractivity contribution in [3.05, 3.63) is 28.7 Å². The fourth-order valence-corrected chi connectivity index (χ4v) is 2.89. The second-order valence-corrected chi connectivity index (χ2v) is 6.32. The SMILES string of the molecule is O=c1ccc(S(=O)(=O)NCC2(O)CCOCC2)c[nH]1. The summed E-state index contributed by atoms with van der Waals surface area (Å²) in [6.45, 7) is 0.756. The summed E-state index contributed by atoms with van der Waals surface area (Å²) < 4.78 is 31.4. The van der Waals surface area contributed by atoms with Crippen molar-refractivity contribution in [3.63, 3.8) is 0 Å². The fourth-order valence-electron chi connectivity index (χ4n) is 1.80. The Bertz CT molecular complexity index is 569. The van der Waals surface area contributed by atoms with E-state index in [4.69, 9.17) is 4.74 Å². The van der Waals surface area contributed by atoms with Gasteiger partial charge in [-0.2, -0.15) is 0 Å². The molecule has 0 bridgehead atoms. The normalized spacial score (nSPS) is 19.2. The highest BCUT2D eigenvalue weighted by Gasteiger charge is 2.31. The van der Waals surface area contributed by atoms with Gasteiger partial charge in [0.1, 0.15) is 0 Å². The number of rotatable bonds is 4. The van der Waals surface area contributed by atoms with E-state index in [1.807, 2.05) is 0 Å². The summed E-state index contributed by atoms with van der Waals surface area (Å²) in [5.41, 5.74) is -1.45. The van der Waals surface area contributed by atoms with E-state index in [0.717, 1.165) is 12.3 Å². The fraction of sp³-hybridized carbons (Fsp3) is 0.545. The molecule has 1 aliphatic rings. The molecule has 106 valence electrons. The Morgan fingerprint density at radius 2 is 2.05 bits per heavy atom. The first-order valence-electron chi connectivity index (χ1n) is 5.90. The highest BCUT2D eigenvalue weighted by molar-refractivity contribution is 7.89. The minimum atomic E-state index is -3.74. The molecule has 2 heterocycles. The van der Waals surface area contributed by atoms with E-state index in [-0.39, 0.29) is 17.0 Å². The smallest absolute Gasteiger partial charge is 0.247 e. The van der Waals surface area contributed by atoms with E-state index in [1.165, 1.54) is 6.07 Å². The monoisotopic (exact) mass is 288 g/mol. The number of nitrogens with one attached hydrogen (secondary N) is 2. The molecule has 1 aromatic heterocycles. The Kier molecular flexibility index (Phi) is 4.04. The van der Waals surface area contributed by atoms with Crippen LogP contribution >= 0.6 is 0 Å². The largest absolute Gasteiger partial charge is 0.388 e. The quantitative estimate of drug-likeness (QED) is 0.672. The molecule has 7 nitrogen and oxygen atoms in total. The number of pyridine rings is 1. The van der Waals surface area contributed by atoms with Crippen LogP contribution in [0.2, 0.25) is 0 Å². The van der Waals surface area contributed by atoms with Crippen LogP contribution in [0.5, 0.6) is 0 Å². The molecule has 8 heteroatoms. The van der Waals surface area contributed by atoms with Crippen LogP contribution in [0.4, 0.5) is 0 Å². The van der Waals surface area contributed by atoms with Crippen molar-refractivity contribution >= 4 is 10.0 Å². The van der Waals surface area contributed by atoms with Crippen LogP contribution in [0.25, 0.3) is 0 Å². The molecule has 0 amide bonds. The molecule has 2 rings (SSSR count). The second-order valence-electron chi connectivity index (χ2n) is 4.55. The van der Waals surface area contributed by atoms with Gasteiger partial charge in [0.2, 0.25) is 15.6 Å². The Morgan fingerprint density at radius 1 is 1.37 bits per heavy atom. The summed E-state index contributed by atoms with van der Waals surface area (Å²) in [5, 5.41) is 10.2. The molecule has 0 spiro atoms. The number of hydrogen-bond acceptors (Lipinski definition) is 5. The van der Waals surface area contributed by atoms with Gasteiger partial charge in [-0.1, -0.05) is 0 Å². The Balaban J connectivity index is 2.05. The third kappa shape index (κ3) is 3.63. The lowest BCUT2D eigenvalue weighted by Crippen LogP contribution is -2.46. The Labute approximate surface area is 110 Å². The zero-order valence-corrected chi connectivity index (χ0v) is 11.1. The van der Waals surface area contributed by atoms with Gasteiger partial charge in [-0.25, -0.2) is 13.1 Å². The van der Waals surface area contributed by atoms with Crippen molar-refractivity contribution in [3.8, 4) is 0 Å². The van der Waals surface area contributed by atoms with Crippen molar-refractivity contribution < 1.29 is 18.3 Å². The van der Waals surface area contributed by atoms with E-state index in [1.54, 1.807) is 0 Å². The topological polar surface area (TPSA) is 108 Å². The molecule has 0 aromatic carbocycles. The minimum Gasteiger partial charge on any atom is -0.388 e. The number of sulfonamides is 1. The average molecular weight is 288 g/mol. The molecule has 0 atom stereocenters. The molecule has 0 unspecified atom stereocenters. The molecule has 1 saturated heterocycles. The highest BCUT2D eigenvalue weighted by Crippen LogP contribution is 2.20. The van der Waals surface area contributed by atoms with Gasteiger partial charge in [-0.3, -0.25) is 4.79 Å². The van der Waals surface area contributed by atoms with Gasteiger partial charge in [0, 0.05) is 44.9 Å². The van der Waals surface area contributed by atoms with Crippen LogP contribution in [0, 0.1) is 0 Å². The van der Waals surface area contributed by atoms with Gasteiger partial charge in [-0.15, -0.1) is 0 Å². The molecule has 3 N–H and O–H groups in total. The first kappa shape index (κ1) is 14.2. The van der Waals surface area contributed by atoms with Gasteiger partial charge >= 0.3 is 0 Å². The Morgan fingerprint density at radius 3 is 2.63 bits per heavy atom. The minimum absolute atomic E-state index is 0.0391.